The number of ether oxygens (including phenoxy) is 1. The molecule has 0 aromatic heterocycles. The summed E-state index contributed by atoms with van der Waals surface area (Å²) in [5.41, 5.74) is 2.09. The summed E-state index contributed by atoms with van der Waals surface area (Å²) in [5, 5.41) is 13.9. The Morgan fingerprint density at radius 3 is 2.08 bits per heavy atom. The Morgan fingerprint density at radius 2 is 1.41 bits per heavy atom. The molecule has 2 amide bonds. The molecule has 0 aliphatic carbocycles. The van der Waals surface area contributed by atoms with Gasteiger partial charge in [0.2, 0.25) is 5.91 Å². The van der Waals surface area contributed by atoms with Crippen molar-refractivity contribution in [1.29, 1.82) is 0 Å². The molecule has 190 valence electrons. The highest BCUT2D eigenvalue weighted by Crippen LogP contribution is 2.18. The Labute approximate surface area is 217 Å². The van der Waals surface area contributed by atoms with E-state index in [1.54, 1.807) is 0 Å². The van der Waals surface area contributed by atoms with E-state index in [2.05, 4.69) is 64.5 Å². The van der Waals surface area contributed by atoms with Crippen molar-refractivity contribution < 1.29 is 14.3 Å². The maximum Gasteiger partial charge on any atom is 0.407 e. The van der Waals surface area contributed by atoms with Gasteiger partial charge in [0.25, 0.3) is 0 Å². The van der Waals surface area contributed by atoms with E-state index in [9.17, 15) is 9.59 Å². The highest BCUT2D eigenvalue weighted by atomic mass is 16.5. The lowest BCUT2D eigenvalue weighted by atomic mass is 9.96. The van der Waals surface area contributed by atoms with E-state index in [1.165, 1.54) is 5.39 Å². The third-order valence-corrected chi connectivity index (χ3v) is 7.02. The molecule has 1 heterocycles. The summed E-state index contributed by atoms with van der Waals surface area (Å²) in [6.45, 7) is 2.18. The summed E-state index contributed by atoms with van der Waals surface area (Å²) < 4.78 is 5.58. The molecule has 1 aliphatic rings. The Kier molecular flexibility index (Phi) is 7.96. The van der Waals surface area contributed by atoms with E-state index in [4.69, 9.17) is 4.74 Å². The lowest BCUT2D eigenvalue weighted by molar-refractivity contribution is -0.126. The van der Waals surface area contributed by atoms with Crippen molar-refractivity contribution in [3.63, 3.8) is 0 Å². The molecule has 0 radical (unpaired) electrons. The average Bonchev–Trinajstić information content (AvgIpc) is 2.95. The van der Waals surface area contributed by atoms with Gasteiger partial charge in [-0.25, -0.2) is 4.79 Å². The van der Waals surface area contributed by atoms with Crippen LogP contribution in [0.5, 0.6) is 0 Å². The van der Waals surface area contributed by atoms with Crippen LogP contribution in [0.15, 0.2) is 84.9 Å². The highest BCUT2D eigenvalue weighted by molar-refractivity contribution is 5.84. The Morgan fingerprint density at radius 1 is 0.811 bits per heavy atom. The van der Waals surface area contributed by atoms with Crippen LogP contribution >= 0.6 is 0 Å². The predicted octanol–water partition coefficient (Wildman–Crippen LogP) is 4.95. The zero-order valence-corrected chi connectivity index (χ0v) is 20.9. The van der Waals surface area contributed by atoms with Gasteiger partial charge < -0.3 is 20.7 Å². The molecule has 6 nitrogen and oxygen atoms in total. The number of carbonyl (C=O) groups excluding carboxylic acids is 2. The number of benzene rings is 4. The molecular formula is C31H33N3O3. The van der Waals surface area contributed by atoms with Gasteiger partial charge in [0.05, 0.1) is 6.04 Å². The van der Waals surface area contributed by atoms with Crippen molar-refractivity contribution in [3.8, 4) is 0 Å². The molecule has 0 bridgehead atoms. The second-order valence-corrected chi connectivity index (χ2v) is 9.75. The van der Waals surface area contributed by atoms with E-state index >= 15 is 0 Å². The zero-order chi connectivity index (χ0) is 25.5. The second kappa shape index (κ2) is 11.9. The minimum Gasteiger partial charge on any atom is -0.447 e. The molecule has 37 heavy (non-hydrogen) atoms. The fraction of sp³-hybridized carbons (Fsp3) is 0.290. The van der Waals surface area contributed by atoms with Crippen molar-refractivity contribution in [2.24, 2.45) is 5.92 Å². The van der Waals surface area contributed by atoms with E-state index < -0.39 is 6.09 Å². The van der Waals surface area contributed by atoms with Crippen molar-refractivity contribution in [3.05, 3.63) is 96.1 Å². The van der Waals surface area contributed by atoms with Gasteiger partial charge in [0.15, 0.2) is 0 Å². The van der Waals surface area contributed by atoms with Crippen LogP contribution in [0, 0.1) is 5.92 Å². The number of piperidine rings is 1. The molecule has 3 N–H and O–H groups in total. The van der Waals surface area contributed by atoms with Gasteiger partial charge in [-0.15, -0.1) is 0 Å². The van der Waals surface area contributed by atoms with Crippen LogP contribution in [-0.2, 0) is 22.5 Å². The van der Waals surface area contributed by atoms with Gasteiger partial charge in [-0.2, -0.15) is 0 Å². The molecule has 1 fully saturated rings. The molecule has 5 rings (SSSR count). The van der Waals surface area contributed by atoms with Crippen molar-refractivity contribution in [2.45, 2.75) is 31.8 Å². The first-order valence-corrected chi connectivity index (χ1v) is 13.0. The van der Waals surface area contributed by atoms with Crippen LogP contribution in [-0.4, -0.2) is 37.7 Å². The number of hydrogen-bond acceptors (Lipinski definition) is 4. The number of rotatable bonds is 8. The lowest BCUT2D eigenvalue weighted by Crippen LogP contribution is -2.46. The van der Waals surface area contributed by atoms with Crippen LogP contribution in [0.2, 0.25) is 0 Å². The van der Waals surface area contributed by atoms with E-state index in [-0.39, 0.29) is 24.5 Å². The summed E-state index contributed by atoms with van der Waals surface area (Å²) in [4.78, 5) is 25.5. The number of amides is 2. The monoisotopic (exact) mass is 495 g/mol. The summed E-state index contributed by atoms with van der Waals surface area (Å²) in [7, 11) is 0. The molecule has 0 spiro atoms. The average molecular weight is 496 g/mol. The van der Waals surface area contributed by atoms with E-state index in [0.717, 1.165) is 53.2 Å². The fourth-order valence-corrected chi connectivity index (χ4v) is 4.96. The molecule has 1 atom stereocenters. The van der Waals surface area contributed by atoms with Crippen molar-refractivity contribution >= 4 is 33.5 Å². The van der Waals surface area contributed by atoms with Gasteiger partial charge in [0, 0.05) is 12.5 Å². The van der Waals surface area contributed by atoms with Crippen LogP contribution in [0.3, 0.4) is 0 Å². The molecule has 1 aliphatic heterocycles. The predicted molar refractivity (Wildman–Crippen MR) is 147 cm³/mol. The minimum absolute atomic E-state index is 0.0120. The minimum atomic E-state index is -0.493. The molecule has 4 aromatic carbocycles. The van der Waals surface area contributed by atoms with Crippen LogP contribution in [0.4, 0.5) is 4.79 Å². The molecule has 0 saturated carbocycles. The Hall–Kier alpha value is -3.90. The van der Waals surface area contributed by atoms with Gasteiger partial charge in [-0.1, -0.05) is 78.9 Å². The van der Waals surface area contributed by atoms with Crippen molar-refractivity contribution in [2.75, 3.05) is 19.7 Å². The maximum atomic E-state index is 13.0. The molecule has 4 aromatic rings. The summed E-state index contributed by atoms with van der Waals surface area (Å²) in [5.74, 6) is 0.0227. The van der Waals surface area contributed by atoms with Crippen LogP contribution in [0.1, 0.15) is 24.0 Å². The SMILES string of the molecule is O=C(NCc1ccc2ccccc2c1)OCC(Cc1ccc2ccccc2c1)NC(=O)C1CCNCC1. The Balaban J connectivity index is 1.21. The smallest absolute Gasteiger partial charge is 0.407 e. The third kappa shape index (κ3) is 6.66. The topological polar surface area (TPSA) is 79.5 Å². The molecule has 1 unspecified atom stereocenters. The molecular weight excluding hydrogens is 462 g/mol. The summed E-state index contributed by atoms with van der Waals surface area (Å²) >= 11 is 0. The van der Waals surface area contributed by atoms with E-state index in [0.29, 0.717) is 13.0 Å². The van der Waals surface area contributed by atoms with Gasteiger partial charge >= 0.3 is 6.09 Å². The Bertz CT molecular complexity index is 1380. The number of nitrogens with one attached hydrogen (secondary N) is 3. The first-order valence-electron chi connectivity index (χ1n) is 13.0. The largest absolute Gasteiger partial charge is 0.447 e. The fourth-order valence-electron chi connectivity index (χ4n) is 4.96. The van der Waals surface area contributed by atoms with Crippen LogP contribution < -0.4 is 16.0 Å². The van der Waals surface area contributed by atoms with Crippen molar-refractivity contribution in [1.82, 2.24) is 16.0 Å². The first-order chi connectivity index (χ1) is 18.1. The van der Waals surface area contributed by atoms with Gasteiger partial charge in [-0.05, 0) is 71.1 Å². The molecule has 1 saturated heterocycles. The highest BCUT2D eigenvalue weighted by Gasteiger charge is 2.24. The number of fused-ring (bicyclic) bond motifs is 2. The zero-order valence-electron chi connectivity index (χ0n) is 20.9. The van der Waals surface area contributed by atoms with E-state index in [1.807, 2.05) is 36.4 Å². The summed E-state index contributed by atoms with van der Waals surface area (Å²) in [6, 6.07) is 28.4. The maximum absolute atomic E-state index is 13.0. The number of carbonyl (C=O) groups is 2. The lowest BCUT2D eigenvalue weighted by Gasteiger charge is -2.25. The quantitative estimate of drug-likeness (QED) is 0.323. The number of hydrogen-bond donors (Lipinski definition) is 3. The van der Waals surface area contributed by atoms with Gasteiger partial charge in [-0.3, -0.25) is 4.79 Å². The standard InChI is InChI=1S/C31H33N3O3/c35-30(26-13-15-32-16-14-26)34-29(19-22-9-11-24-5-1-3-7-27(24)17-22)21-37-31(36)33-20-23-10-12-25-6-2-4-8-28(25)18-23/h1-12,17-18,26,29,32H,13-16,19-21H2,(H,33,36)(H,34,35). The number of alkyl carbamates (subject to hydrolysis) is 1. The second-order valence-electron chi connectivity index (χ2n) is 9.75. The molecule has 6 heteroatoms. The van der Waals surface area contributed by atoms with Crippen LogP contribution in [0.25, 0.3) is 21.5 Å². The summed E-state index contributed by atoms with van der Waals surface area (Å²) in [6.07, 6.45) is 1.73. The first kappa shape index (κ1) is 24.8. The van der Waals surface area contributed by atoms with Gasteiger partial charge in [0.1, 0.15) is 6.61 Å². The third-order valence-electron chi connectivity index (χ3n) is 7.02. The normalized spacial score (nSPS) is 14.8.